The van der Waals surface area contributed by atoms with Gasteiger partial charge in [0.15, 0.2) is 0 Å². The summed E-state index contributed by atoms with van der Waals surface area (Å²) in [6.45, 7) is 1.05. The molecule has 2 aromatic rings. The van der Waals surface area contributed by atoms with Gasteiger partial charge < -0.3 is 10.3 Å². The number of hydrogen-bond donors (Lipinski definition) is 2. The third-order valence-electron chi connectivity index (χ3n) is 3.41. The molecule has 1 unspecified atom stereocenters. The number of rotatable bonds is 3. The average molecular weight is 227 g/mol. The van der Waals surface area contributed by atoms with Crippen molar-refractivity contribution in [3.63, 3.8) is 0 Å². The Morgan fingerprint density at radius 1 is 1.24 bits per heavy atom. The van der Waals surface area contributed by atoms with Crippen molar-refractivity contribution >= 4 is 0 Å². The smallest absolute Gasteiger partial charge is 0.0925 e. The molecule has 0 fully saturated rings. The molecule has 0 spiro atoms. The first-order valence-electron chi connectivity index (χ1n) is 6.23. The van der Waals surface area contributed by atoms with Crippen LogP contribution in [-0.4, -0.2) is 16.5 Å². The molecule has 0 saturated heterocycles. The predicted octanol–water partition coefficient (Wildman–Crippen LogP) is 2.23. The van der Waals surface area contributed by atoms with Gasteiger partial charge in [0.1, 0.15) is 0 Å². The van der Waals surface area contributed by atoms with Crippen LogP contribution in [0.5, 0.6) is 0 Å². The van der Waals surface area contributed by atoms with Crippen LogP contribution in [-0.2, 0) is 12.8 Å². The Bertz CT molecular complexity index is 475. The number of hydrogen-bond acceptors (Lipinski definition) is 2. The predicted molar refractivity (Wildman–Crippen MR) is 67.8 cm³/mol. The van der Waals surface area contributed by atoms with E-state index in [-0.39, 0.29) is 0 Å². The molecule has 3 heteroatoms. The second-order valence-corrected chi connectivity index (χ2v) is 4.55. The number of benzene rings is 1. The van der Waals surface area contributed by atoms with Crippen molar-refractivity contribution in [1.82, 2.24) is 15.3 Å². The van der Waals surface area contributed by atoms with E-state index in [0.717, 1.165) is 25.8 Å². The van der Waals surface area contributed by atoms with Crippen molar-refractivity contribution in [3.05, 3.63) is 53.6 Å². The van der Waals surface area contributed by atoms with E-state index in [0.29, 0.717) is 6.04 Å². The van der Waals surface area contributed by atoms with Gasteiger partial charge in [-0.1, -0.05) is 30.3 Å². The topological polar surface area (TPSA) is 40.7 Å². The van der Waals surface area contributed by atoms with Crippen LogP contribution in [0.15, 0.2) is 36.7 Å². The Labute approximate surface area is 101 Å². The molecule has 0 saturated carbocycles. The molecule has 3 rings (SSSR count). The lowest BCUT2D eigenvalue weighted by atomic mass is 9.98. The number of aryl methyl sites for hydroxylation is 1. The maximum absolute atomic E-state index is 4.43. The molecule has 1 aliphatic rings. The lowest BCUT2D eigenvalue weighted by Crippen LogP contribution is -2.30. The molecule has 88 valence electrons. The maximum atomic E-state index is 4.43. The summed E-state index contributed by atoms with van der Waals surface area (Å²) in [5, 5.41) is 3.55. The van der Waals surface area contributed by atoms with Crippen molar-refractivity contribution < 1.29 is 0 Å². The molecule has 2 N–H and O–H groups in total. The molecular formula is C14H17N3. The summed E-state index contributed by atoms with van der Waals surface area (Å²) in [4.78, 5) is 7.67. The summed E-state index contributed by atoms with van der Waals surface area (Å²) >= 11 is 0. The van der Waals surface area contributed by atoms with Crippen LogP contribution in [0.3, 0.4) is 0 Å². The second-order valence-electron chi connectivity index (χ2n) is 4.55. The first-order valence-corrected chi connectivity index (χ1v) is 6.23. The highest BCUT2D eigenvalue weighted by Gasteiger charge is 2.21. The molecule has 1 aliphatic heterocycles. The molecule has 1 aromatic heterocycles. The standard InChI is InChI=1S/C14H17N3/c1-2-4-11(5-3-1)6-7-12-14-13(8-9-15-12)16-10-17-14/h1-5,10,12,15H,6-9H2,(H,16,17). The van der Waals surface area contributed by atoms with E-state index in [4.69, 9.17) is 0 Å². The molecular weight excluding hydrogens is 210 g/mol. The number of imidazole rings is 1. The van der Waals surface area contributed by atoms with Crippen molar-refractivity contribution in [2.24, 2.45) is 0 Å². The van der Waals surface area contributed by atoms with Gasteiger partial charge in [0.2, 0.25) is 0 Å². The van der Waals surface area contributed by atoms with Crippen LogP contribution in [0.1, 0.15) is 29.4 Å². The highest BCUT2D eigenvalue weighted by Crippen LogP contribution is 2.23. The van der Waals surface area contributed by atoms with Crippen LogP contribution in [0.25, 0.3) is 0 Å². The fourth-order valence-electron chi connectivity index (χ4n) is 2.49. The number of nitrogens with zero attached hydrogens (tertiary/aromatic N) is 1. The number of H-pyrrole nitrogens is 1. The van der Waals surface area contributed by atoms with Crippen LogP contribution in [0, 0.1) is 0 Å². The highest BCUT2D eigenvalue weighted by atomic mass is 15.0. The lowest BCUT2D eigenvalue weighted by molar-refractivity contribution is 0.464. The molecule has 1 aromatic carbocycles. The van der Waals surface area contributed by atoms with Gasteiger partial charge >= 0.3 is 0 Å². The summed E-state index contributed by atoms with van der Waals surface area (Å²) in [6, 6.07) is 11.1. The molecule has 1 atom stereocenters. The van der Waals surface area contributed by atoms with Crippen LogP contribution >= 0.6 is 0 Å². The fourth-order valence-corrected chi connectivity index (χ4v) is 2.49. The van der Waals surface area contributed by atoms with Gasteiger partial charge in [-0.05, 0) is 18.4 Å². The van der Waals surface area contributed by atoms with Crippen molar-refractivity contribution in [2.45, 2.75) is 25.3 Å². The molecule has 17 heavy (non-hydrogen) atoms. The zero-order chi connectivity index (χ0) is 11.5. The van der Waals surface area contributed by atoms with E-state index in [2.05, 4.69) is 45.6 Å². The molecule has 2 heterocycles. The normalized spacial score (nSPS) is 18.9. The minimum atomic E-state index is 0.408. The van der Waals surface area contributed by atoms with Crippen molar-refractivity contribution in [1.29, 1.82) is 0 Å². The van der Waals surface area contributed by atoms with E-state index in [9.17, 15) is 0 Å². The Balaban J connectivity index is 1.68. The SMILES string of the molecule is c1ccc(CCC2NCCc3[nH]cnc32)cc1. The van der Waals surface area contributed by atoms with E-state index in [1.54, 1.807) is 0 Å². The highest BCUT2D eigenvalue weighted by molar-refractivity contribution is 5.20. The Morgan fingerprint density at radius 2 is 2.12 bits per heavy atom. The number of nitrogens with one attached hydrogen (secondary N) is 2. The van der Waals surface area contributed by atoms with Gasteiger partial charge in [0.05, 0.1) is 18.1 Å². The van der Waals surface area contributed by atoms with E-state index >= 15 is 0 Å². The Kier molecular flexibility index (Phi) is 2.92. The largest absolute Gasteiger partial charge is 0.348 e. The van der Waals surface area contributed by atoms with E-state index in [1.807, 2.05) is 6.33 Å². The zero-order valence-corrected chi connectivity index (χ0v) is 9.82. The third-order valence-corrected chi connectivity index (χ3v) is 3.41. The van der Waals surface area contributed by atoms with Gasteiger partial charge in [-0.3, -0.25) is 0 Å². The van der Waals surface area contributed by atoms with Gasteiger partial charge in [-0.25, -0.2) is 4.98 Å². The fraction of sp³-hybridized carbons (Fsp3) is 0.357. The monoisotopic (exact) mass is 227 g/mol. The summed E-state index contributed by atoms with van der Waals surface area (Å²) in [5.74, 6) is 0. The minimum absolute atomic E-state index is 0.408. The van der Waals surface area contributed by atoms with Crippen LogP contribution < -0.4 is 5.32 Å². The van der Waals surface area contributed by atoms with Gasteiger partial charge in [-0.15, -0.1) is 0 Å². The summed E-state index contributed by atoms with van der Waals surface area (Å²) in [7, 11) is 0. The van der Waals surface area contributed by atoms with Gasteiger partial charge in [-0.2, -0.15) is 0 Å². The molecule has 0 amide bonds. The van der Waals surface area contributed by atoms with E-state index in [1.165, 1.54) is 17.0 Å². The van der Waals surface area contributed by atoms with Crippen LogP contribution in [0.2, 0.25) is 0 Å². The number of fused-ring (bicyclic) bond motifs is 1. The van der Waals surface area contributed by atoms with Crippen molar-refractivity contribution in [3.8, 4) is 0 Å². The van der Waals surface area contributed by atoms with Gasteiger partial charge in [0.25, 0.3) is 0 Å². The van der Waals surface area contributed by atoms with E-state index < -0.39 is 0 Å². The summed E-state index contributed by atoms with van der Waals surface area (Å²) in [5.41, 5.74) is 3.92. The van der Waals surface area contributed by atoms with Gasteiger partial charge in [0, 0.05) is 18.7 Å². The first-order chi connectivity index (χ1) is 8.43. The Hall–Kier alpha value is -1.61. The number of aromatic amines is 1. The number of aromatic nitrogens is 2. The molecule has 0 radical (unpaired) electrons. The average Bonchev–Trinajstić information content (AvgIpc) is 2.86. The maximum Gasteiger partial charge on any atom is 0.0925 e. The molecule has 0 aliphatic carbocycles. The first kappa shape index (κ1) is 10.5. The quantitative estimate of drug-likeness (QED) is 0.844. The molecule has 3 nitrogen and oxygen atoms in total. The minimum Gasteiger partial charge on any atom is -0.348 e. The summed E-state index contributed by atoms with van der Waals surface area (Å²) in [6.07, 6.45) is 5.09. The lowest BCUT2D eigenvalue weighted by Gasteiger charge is -2.22. The van der Waals surface area contributed by atoms with Crippen LogP contribution in [0.4, 0.5) is 0 Å². The Morgan fingerprint density at radius 3 is 3.00 bits per heavy atom. The zero-order valence-electron chi connectivity index (χ0n) is 9.82. The van der Waals surface area contributed by atoms with Crippen molar-refractivity contribution in [2.75, 3.05) is 6.54 Å². The molecule has 0 bridgehead atoms. The second kappa shape index (κ2) is 4.72. The third kappa shape index (κ3) is 2.24. The summed E-state index contributed by atoms with van der Waals surface area (Å²) < 4.78 is 0.